The Bertz CT molecular complexity index is 760. The van der Waals surface area contributed by atoms with Crippen LogP contribution in [0.1, 0.15) is 11.1 Å². The van der Waals surface area contributed by atoms with Crippen molar-refractivity contribution in [1.82, 2.24) is 4.31 Å². The number of nitrogens with zero attached hydrogens (tertiary/aromatic N) is 1. The summed E-state index contributed by atoms with van der Waals surface area (Å²) in [7, 11) is -1.96. The van der Waals surface area contributed by atoms with Gasteiger partial charge in [0.2, 0.25) is 10.0 Å². The number of hydrogen-bond acceptors (Lipinski definition) is 2. The van der Waals surface area contributed by atoms with E-state index in [4.69, 9.17) is 0 Å². The van der Waals surface area contributed by atoms with Crippen molar-refractivity contribution in [2.45, 2.75) is 18.4 Å². The first-order chi connectivity index (χ1) is 9.80. The van der Waals surface area contributed by atoms with E-state index in [0.29, 0.717) is 11.0 Å². The van der Waals surface area contributed by atoms with E-state index in [9.17, 15) is 8.42 Å². The molecule has 2 aromatic carbocycles. The second-order valence-corrected chi connectivity index (χ2v) is 8.61. The van der Waals surface area contributed by atoms with Crippen LogP contribution in [-0.4, -0.2) is 19.8 Å². The van der Waals surface area contributed by atoms with Crippen LogP contribution in [0.15, 0.2) is 56.3 Å². The van der Waals surface area contributed by atoms with E-state index in [-0.39, 0.29) is 4.90 Å². The third-order valence-electron chi connectivity index (χ3n) is 3.07. The molecule has 0 unspecified atom stereocenters. The Hall–Kier alpha value is -0.690. The monoisotopic (exact) mass is 431 g/mol. The third-order valence-corrected chi connectivity index (χ3v) is 6.36. The van der Waals surface area contributed by atoms with E-state index in [2.05, 4.69) is 31.9 Å². The van der Waals surface area contributed by atoms with E-state index < -0.39 is 10.0 Å². The van der Waals surface area contributed by atoms with Crippen molar-refractivity contribution in [2.75, 3.05) is 7.05 Å². The molecule has 0 fully saturated rings. The fourth-order valence-electron chi connectivity index (χ4n) is 2.00. The average Bonchev–Trinajstić information content (AvgIpc) is 2.41. The molecule has 0 aliphatic heterocycles. The average molecular weight is 433 g/mol. The molecular weight excluding hydrogens is 418 g/mol. The van der Waals surface area contributed by atoms with Crippen LogP contribution in [0, 0.1) is 6.92 Å². The van der Waals surface area contributed by atoms with Gasteiger partial charge >= 0.3 is 0 Å². The van der Waals surface area contributed by atoms with Gasteiger partial charge in [-0.3, -0.25) is 0 Å². The van der Waals surface area contributed by atoms with Crippen LogP contribution in [0.25, 0.3) is 0 Å². The van der Waals surface area contributed by atoms with E-state index in [1.165, 1.54) is 4.31 Å². The van der Waals surface area contributed by atoms with E-state index >= 15 is 0 Å². The van der Waals surface area contributed by atoms with Crippen molar-refractivity contribution in [2.24, 2.45) is 0 Å². The highest BCUT2D eigenvalue weighted by Crippen LogP contribution is 2.28. The Morgan fingerprint density at radius 3 is 2.48 bits per heavy atom. The van der Waals surface area contributed by atoms with Crippen molar-refractivity contribution in [3.63, 3.8) is 0 Å². The van der Waals surface area contributed by atoms with E-state index in [0.717, 1.165) is 15.6 Å². The van der Waals surface area contributed by atoms with Crippen LogP contribution >= 0.6 is 31.9 Å². The number of rotatable bonds is 4. The summed E-state index contributed by atoms with van der Waals surface area (Å²) in [6.45, 7) is 2.33. The Labute approximate surface area is 142 Å². The molecule has 2 rings (SSSR count). The summed E-state index contributed by atoms with van der Waals surface area (Å²) in [4.78, 5) is 0.257. The summed E-state index contributed by atoms with van der Waals surface area (Å²) in [5.41, 5.74) is 2.08. The first-order valence-electron chi connectivity index (χ1n) is 6.27. The summed E-state index contributed by atoms with van der Waals surface area (Å²) < 4.78 is 28.0. The molecule has 0 amide bonds. The Kier molecular flexibility index (Phi) is 5.24. The van der Waals surface area contributed by atoms with Gasteiger partial charge in [-0.2, -0.15) is 4.31 Å². The van der Waals surface area contributed by atoms with Crippen LogP contribution in [0.2, 0.25) is 0 Å². The molecule has 0 radical (unpaired) electrons. The van der Waals surface area contributed by atoms with Crippen molar-refractivity contribution >= 4 is 41.9 Å². The molecule has 0 aliphatic rings. The minimum atomic E-state index is -3.55. The molecule has 0 aromatic heterocycles. The second kappa shape index (κ2) is 6.60. The van der Waals surface area contributed by atoms with Crippen molar-refractivity contribution in [1.29, 1.82) is 0 Å². The zero-order valence-corrected chi connectivity index (χ0v) is 15.7. The maximum absolute atomic E-state index is 12.7. The van der Waals surface area contributed by atoms with Gasteiger partial charge in [0.1, 0.15) is 0 Å². The zero-order chi connectivity index (χ0) is 15.6. The number of hydrogen-bond donors (Lipinski definition) is 0. The highest BCUT2D eigenvalue weighted by molar-refractivity contribution is 9.11. The van der Waals surface area contributed by atoms with Gasteiger partial charge in [-0.05, 0) is 46.6 Å². The van der Waals surface area contributed by atoms with Gasteiger partial charge in [0.25, 0.3) is 0 Å². The Morgan fingerprint density at radius 2 is 1.81 bits per heavy atom. The number of halogens is 2. The van der Waals surface area contributed by atoms with Crippen molar-refractivity contribution < 1.29 is 8.42 Å². The van der Waals surface area contributed by atoms with Crippen LogP contribution in [0.4, 0.5) is 0 Å². The molecule has 0 atom stereocenters. The minimum absolute atomic E-state index is 0.257. The predicted molar refractivity (Wildman–Crippen MR) is 91.7 cm³/mol. The molecular formula is C15H15Br2NO2S. The molecule has 0 heterocycles. The molecule has 21 heavy (non-hydrogen) atoms. The van der Waals surface area contributed by atoms with Crippen molar-refractivity contribution in [3.05, 3.63) is 62.5 Å². The quantitative estimate of drug-likeness (QED) is 0.720. The second-order valence-electron chi connectivity index (χ2n) is 4.82. The molecule has 6 heteroatoms. The number of sulfonamides is 1. The van der Waals surface area contributed by atoms with Crippen LogP contribution in [0.5, 0.6) is 0 Å². The molecule has 0 saturated carbocycles. The third kappa shape index (κ3) is 3.94. The van der Waals surface area contributed by atoms with Gasteiger partial charge in [0.15, 0.2) is 0 Å². The smallest absolute Gasteiger partial charge is 0.207 e. The van der Waals surface area contributed by atoms with Gasteiger partial charge in [-0.25, -0.2) is 8.42 Å². The van der Waals surface area contributed by atoms with Gasteiger partial charge in [-0.1, -0.05) is 45.8 Å². The molecule has 112 valence electrons. The largest absolute Gasteiger partial charge is 0.244 e. The highest BCUT2D eigenvalue weighted by atomic mass is 79.9. The summed E-state index contributed by atoms with van der Waals surface area (Å²) in [6.07, 6.45) is 0. The van der Waals surface area contributed by atoms with E-state index in [1.54, 1.807) is 25.2 Å². The topological polar surface area (TPSA) is 37.4 Å². The summed E-state index contributed by atoms with van der Waals surface area (Å²) in [5, 5.41) is 0. The van der Waals surface area contributed by atoms with Crippen molar-refractivity contribution in [3.8, 4) is 0 Å². The molecule has 0 spiro atoms. The molecule has 0 bridgehead atoms. The SMILES string of the molecule is Cc1cccc(CN(C)S(=O)(=O)c2cc(Br)ccc2Br)c1. The fourth-order valence-corrected chi connectivity index (χ4v) is 4.61. The first-order valence-corrected chi connectivity index (χ1v) is 9.30. The predicted octanol–water partition coefficient (Wildman–Crippen LogP) is 4.34. The van der Waals surface area contributed by atoms with Gasteiger partial charge < -0.3 is 0 Å². The maximum atomic E-state index is 12.7. The fraction of sp³-hybridized carbons (Fsp3) is 0.200. The lowest BCUT2D eigenvalue weighted by molar-refractivity contribution is 0.466. The minimum Gasteiger partial charge on any atom is -0.207 e. The lowest BCUT2D eigenvalue weighted by atomic mass is 10.1. The van der Waals surface area contributed by atoms with Gasteiger partial charge in [0.05, 0.1) is 4.90 Å². The summed E-state index contributed by atoms with van der Waals surface area (Å²) in [6, 6.07) is 13.0. The lowest BCUT2D eigenvalue weighted by Crippen LogP contribution is -2.26. The van der Waals surface area contributed by atoms with E-state index in [1.807, 2.05) is 31.2 Å². The van der Waals surface area contributed by atoms with Gasteiger partial charge in [-0.15, -0.1) is 0 Å². The van der Waals surface area contributed by atoms with Crippen LogP contribution in [0.3, 0.4) is 0 Å². The maximum Gasteiger partial charge on any atom is 0.244 e. The molecule has 3 nitrogen and oxygen atoms in total. The summed E-state index contributed by atoms with van der Waals surface area (Å²) in [5.74, 6) is 0. The van der Waals surface area contributed by atoms with Crippen LogP contribution < -0.4 is 0 Å². The first kappa shape index (κ1) is 16.7. The number of aryl methyl sites for hydroxylation is 1. The Balaban J connectivity index is 2.33. The zero-order valence-electron chi connectivity index (χ0n) is 11.7. The molecule has 0 aliphatic carbocycles. The molecule has 0 N–H and O–H groups in total. The number of benzene rings is 2. The van der Waals surface area contributed by atoms with Gasteiger partial charge in [0, 0.05) is 22.5 Å². The standard InChI is InChI=1S/C15H15Br2NO2S/c1-11-4-3-5-12(8-11)10-18(2)21(19,20)15-9-13(16)6-7-14(15)17/h3-9H,10H2,1-2H3. The lowest BCUT2D eigenvalue weighted by Gasteiger charge is -2.18. The Morgan fingerprint density at radius 1 is 1.10 bits per heavy atom. The molecule has 0 saturated heterocycles. The normalized spacial score (nSPS) is 11.9. The summed E-state index contributed by atoms with van der Waals surface area (Å²) >= 11 is 6.62. The molecule has 2 aromatic rings. The van der Waals surface area contributed by atoms with Crippen LogP contribution in [-0.2, 0) is 16.6 Å². The highest BCUT2D eigenvalue weighted by Gasteiger charge is 2.23.